The maximum Gasteiger partial charge on any atom is 0.261 e. The van der Waals surface area contributed by atoms with Crippen LogP contribution in [0.2, 0.25) is 0 Å². The Balaban J connectivity index is 2.34. The molecule has 4 heteroatoms. The van der Waals surface area contributed by atoms with Crippen LogP contribution in [-0.2, 0) is 13.0 Å². The second-order valence-corrected chi connectivity index (χ2v) is 4.31. The number of carbonyl (C=O) groups excluding carboxylic acids is 1. The second-order valence-electron chi connectivity index (χ2n) is 4.31. The smallest absolute Gasteiger partial charge is 0.261 e. The summed E-state index contributed by atoms with van der Waals surface area (Å²) in [5, 5.41) is 0. The zero-order chi connectivity index (χ0) is 13.8. The van der Waals surface area contributed by atoms with Crippen molar-refractivity contribution in [3.63, 3.8) is 0 Å². The molecule has 2 N–H and O–H groups in total. The summed E-state index contributed by atoms with van der Waals surface area (Å²) in [7, 11) is 1.75. The van der Waals surface area contributed by atoms with Crippen LogP contribution in [0, 0.1) is 0 Å². The largest absolute Gasteiger partial charge is 0.469 e. The summed E-state index contributed by atoms with van der Waals surface area (Å²) in [6.07, 6.45) is 2.25. The number of furan rings is 1. The third-order valence-electron chi connectivity index (χ3n) is 3.17. The number of aryl methyl sites for hydroxylation is 1. The number of anilines is 1. The van der Waals surface area contributed by atoms with Crippen LogP contribution in [-0.4, -0.2) is 13.0 Å². The number of rotatable bonds is 4. The zero-order valence-corrected chi connectivity index (χ0v) is 11.2. The highest BCUT2D eigenvalue weighted by atomic mass is 16.3. The summed E-state index contributed by atoms with van der Waals surface area (Å²) >= 11 is 0. The van der Waals surface area contributed by atoms with E-state index in [4.69, 9.17) is 10.2 Å². The van der Waals surface area contributed by atoms with Gasteiger partial charge in [-0.2, -0.15) is 0 Å². The van der Waals surface area contributed by atoms with E-state index < -0.39 is 0 Å². The number of carbonyl (C=O) groups is 1. The third kappa shape index (κ3) is 2.53. The first-order chi connectivity index (χ1) is 9.19. The van der Waals surface area contributed by atoms with Crippen molar-refractivity contribution in [2.75, 3.05) is 11.9 Å². The molecule has 0 atom stereocenters. The van der Waals surface area contributed by atoms with E-state index in [1.165, 1.54) is 0 Å². The van der Waals surface area contributed by atoms with Crippen LogP contribution in [0.25, 0.3) is 0 Å². The second kappa shape index (κ2) is 5.71. The summed E-state index contributed by atoms with van der Waals surface area (Å²) in [6, 6.07) is 9.34. The number of nitrogens with zero attached hydrogens (tertiary/aromatic N) is 1. The minimum Gasteiger partial charge on any atom is -0.469 e. The number of hydrogen-bond donors (Lipinski definition) is 1. The van der Waals surface area contributed by atoms with E-state index in [-0.39, 0.29) is 5.91 Å². The zero-order valence-electron chi connectivity index (χ0n) is 11.2. The van der Waals surface area contributed by atoms with E-state index in [1.54, 1.807) is 24.3 Å². The lowest BCUT2D eigenvalue weighted by molar-refractivity contribution is 0.0991. The van der Waals surface area contributed by atoms with Gasteiger partial charge in [-0.3, -0.25) is 4.79 Å². The molecule has 1 heterocycles. The van der Waals surface area contributed by atoms with Crippen molar-refractivity contribution < 1.29 is 9.21 Å². The molecular formula is C15H18N2O2. The van der Waals surface area contributed by atoms with Crippen molar-refractivity contribution in [2.45, 2.75) is 19.9 Å². The first-order valence-electron chi connectivity index (χ1n) is 6.31. The quantitative estimate of drug-likeness (QED) is 0.917. The summed E-state index contributed by atoms with van der Waals surface area (Å²) < 4.78 is 5.31. The maximum absolute atomic E-state index is 12.5. The van der Waals surface area contributed by atoms with Gasteiger partial charge < -0.3 is 15.1 Å². The highest BCUT2D eigenvalue weighted by Gasteiger charge is 2.19. The van der Waals surface area contributed by atoms with Gasteiger partial charge in [-0.25, -0.2) is 0 Å². The molecule has 0 radical (unpaired) electrons. The number of para-hydroxylation sites is 1. The van der Waals surface area contributed by atoms with E-state index >= 15 is 0 Å². The first-order valence-corrected chi connectivity index (χ1v) is 6.31. The first kappa shape index (κ1) is 13.4. The molecule has 0 aliphatic rings. The minimum absolute atomic E-state index is 0.0773. The standard InChI is InChI=1S/C15H18N2O2/c1-3-14-12(8-9-19-14)15(18)17(2)13-7-5-4-6-11(13)10-16/h4-9H,3,10,16H2,1-2H3. The van der Waals surface area contributed by atoms with Crippen molar-refractivity contribution in [3.8, 4) is 0 Å². The van der Waals surface area contributed by atoms with Crippen molar-refractivity contribution in [3.05, 3.63) is 53.5 Å². The fraction of sp³-hybridized carbons (Fsp3) is 0.267. The van der Waals surface area contributed by atoms with Gasteiger partial charge in [0.05, 0.1) is 11.8 Å². The molecule has 1 aromatic heterocycles. The van der Waals surface area contributed by atoms with Gasteiger partial charge in [0.25, 0.3) is 5.91 Å². The number of amides is 1. The van der Waals surface area contributed by atoms with Crippen molar-refractivity contribution in [1.29, 1.82) is 0 Å². The normalized spacial score (nSPS) is 10.5. The highest BCUT2D eigenvalue weighted by molar-refractivity contribution is 6.06. The SMILES string of the molecule is CCc1occc1C(=O)N(C)c1ccccc1CN. The van der Waals surface area contributed by atoms with Crippen LogP contribution >= 0.6 is 0 Å². The van der Waals surface area contributed by atoms with E-state index in [1.807, 2.05) is 31.2 Å². The Labute approximate surface area is 112 Å². The van der Waals surface area contributed by atoms with E-state index in [9.17, 15) is 4.79 Å². The van der Waals surface area contributed by atoms with Crippen molar-refractivity contribution in [1.82, 2.24) is 0 Å². The Morgan fingerprint density at radius 2 is 2.05 bits per heavy atom. The van der Waals surface area contributed by atoms with Gasteiger partial charge in [-0.05, 0) is 17.7 Å². The number of nitrogens with two attached hydrogens (primary N) is 1. The van der Waals surface area contributed by atoms with Gasteiger partial charge in [0.2, 0.25) is 0 Å². The molecule has 0 saturated heterocycles. The molecule has 0 saturated carbocycles. The monoisotopic (exact) mass is 258 g/mol. The van der Waals surface area contributed by atoms with Gasteiger partial charge >= 0.3 is 0 Å². The molecule has 0 bridgehead atoms. The van der Waals surface area contributed by atoms with Crippen LogP contribution < -0.4 is 10.6 Å². The third-order valence-corrected chi connectivity index (χ3v) is 3.17. The Kier molecular flexibility index (Phi) is 4.02. The molecule has 2 aromatic rings. The Morgan fingerprint density at radius 1 is 1.32 bits per heavy atom. The molecule has 0 unspecified atom stereocenters. The molecule has 1 aromatic carbocycles. The fourth-order valence-electron chi connectivity index (χ4n) is 2.11. The molecule has 19 heavy (non-hydrogen) atoms. The Bertz CT molecular complexity index is 575. The molecular weight excluding hydrogens is 240 g/mol. The maximum atomic E-state index is 12.5. The van der Waals surface area contributed by atoms with Gasteiger partial charge in [0, 0.05) is 25.7 Å². The number of benzene rings is 1. The van der Waals surface area contributed by atoms with Gasteiger partial charge in [0.15, 0.2) is 0 Å². The van der Waals surface area contributed by atoms with Crippen molar-refractivity contribution in [2.24, 2.45) is 5.73 Å². The molecule has 0 aliphatic carbocycles. The topological polar surface area (TPSA) is 59.5 Å². The van der Waals surface area contributed by atoms with Gasteiger partial charge in [0.1, 0.15) is 5.76 Å². The van der Waals surface area contributed by atoms with Crippen molar-refractivity contribution >= 4 is 11.6 Å². The van der Waals surface area contributed by atoms with Crippen LogP contribution in [0.3, 0.4) is 0 Å². The fourth-order valence-corrected chi connectivity index (χ4v) is 2.11. The van der Waals surface area contributed by atoms with E-state index in [2.05, 4.69) is 0 Å². The summed E-state index contributed by atoms with van der Waals surface area (Å²) in [5.74, 6) is 0.633. The van der Waals surface area contributed by atoms with E-state index in [0.29, 0.717) is 24.3 Å². The molecule has 2 rings (SSSR count). The lowest BCUT2D eigenvalue weighted by Crippen LogP contribution is -2.28. The van der Waals surface area contributed by atoms with Gasteiger partial charge in [-0.15, -0.1) is 0 Å². The number of hydrogen-bond acceptors (Lipinski definition) is 3. The molecule has 0 spiro atoms. The highest BCUT2D eigenvalue weighted by Crippen LogP contribution is 2.22. The molecule has 0 aliphatic heterocycles. The molecule has 100 valence electrons. The average Bonchev–Trinajstić information content (AvgIpc) is 2.94. The van der Waals surface area contributed by atoms with Crippen LogP contribution in [0.5, 0.6) is 0 Å². The van der Waals surface area contributed by atoms with Crippen LogP contribution in [0.15, 0.2) is 41.0 Å². The minimum atomic E-state index is -0.0773. The Hall–Kier alpha value is -2.07. The summed E-state index contributed by atoms with van der Waals surface area (Å²) in [5.41, 5.74) is 8.09. The van der Waals surface area contributed by atoms with Crippen LogP contribution in [0.4, 0.5) is 5.69 Å². The average molecular weight is 258 g/mol. The lowest BCUT2D eigenvalue weighted by atomic mass is 10.1. The molecule has 0 fully saturated rings. The summed E-state index contributed by atoms with van der Waals surface area (Å²) in [4.78, 5) is 14.1. The Morgan fingerprint density at radius 3 is 2.74 bits per heavy atom. The van der Waals surface area contributed by atoms with Crippen LogP contribution in [0.1, 0.15) is 28.6 Å². The molecule has 1 amide bonds. The molecule has 4 nitrogen and oxygen atoms in total. The predicted octanol–water partition coefficient (Wildman–Crippen LogP) is 2.58. The predicted molar refractivity (Wildman–Crippen MR) is 75.2 cm³/mol. The lowest BCUT2D eigenvalue weighted by Gasteiger charge is -2.20. The van der Waals surface area contributed by atoms with Gasteiger partial charge in [-0.1, -0.05) is 25.1 Å². The summed E-state index contributed by atoms with van der Waals surface area (Å²) in [6.45, 7) is 2.36. The van der Waals surface area contributed by atoms with E-state index in [0.717, 1.165) is 11.3 Å².